The maximum Gasteiger partial charge on any atom is 0.271 e. The summed E-state index contributed by atoms with van der Waals surface area (Å²) < 4.78 is 1.58. The highest BCUT2D eigenvalue weighted by Gasteiger charge is 2.30. The van der Waals surface area contributed by atoms with E-state index >= 15 is 0 Å². The van der Waals surface area contributed by atoms with Crippen molar-refractivity contribution in [3.63, 3.8) is 0 Å². The van der Waals surface area contributed by atoms with Gasteiger partial charge in [0.1, 0.15) is 5.69 Å². The molecule has 0 aliphatic heterocycles. The fourth-order valence-electron chi connectivity index (χ4n) is 3.32. The molecule has 5 heteroatoms. The Labute approximate surface area is 120 Å². The summed E-state index contributed by atoms with van der Waals surface area (Å²) >= 11 is 0. The predicted molar refractivity (Wildman–Crippen MR) is 80.4 cm³/mol. The molecule has 2 atom stereocenters. The zero-order valence-corrected chi connectivity index (χ0v) is 12.9. The molecule has 1 saturated carbocycles. The smallest absolute Gasteiger partial charge is 0.271 e. The second-order valence-electron chi connectivity index (χ2n) is 6.24. The van der Waals surface area contributed by atoms with Crippen molar-refractivity contribution in [1.29, 1.82) is 0 Å². The molecule has 2 rings (SSSR count). The van der Waals surface area contributed by atoms with Gasteiger partial charge in [-0.1, -0.05) is 26.7 Å². The van der Waals surface area contributed by atoms with Gasteiger partial charge in [-0.25, -0.2) is 0 Å². The monoisotopic (exact) mass is 278 g/mol. The van der Waals surface area contributed by atoms with E-state index in [1.165, 1.54) is 19.3 Å². The van der Waals surface area contributed by atoms with Gasteiger partial charge in [-0.15, -0.1) is 0 Å². The minimum atomic E-state index is -0.0943. The van der Waals surface area contributed by atoms with Gasteiger partial charge in [-0.2, -0.15) is 5.10 Å². The molecule has 1 heterocycles. The van der Waals surface area contributed by atoms with Crippen LogP contribution in [0.25, 0.3) is 0 Å². The lowest BCUT2D eigenvalue weighted by molar-refractivity contribution is 0.0880. The van der Waals surface area contributed by atoms with E-state index in [1.807, 2.05) is 6.92 Å². The first-order valence-electron chi connectivity index (χ1n) is 7.51. The normalized spacial score (nSPS) is 23.1. The summed E-state index contributed by atoms with van der Waals surface area (Å²) in [5, 5.41) is 7.39. The molecule has 3 N–H and O–H groups in total. The van der Waals surface area contributed by atoms with E-state index in [0.29, 0.717) is 28.9 Å². The van der Waals surface area contributed by atoms with Crippen LogP contribution in [0.15, 0.2) is 0 Å². The molecule has 0 bridgehead atoms. The fraction of sp³-hybridized carbons (Fsp3) is 0.733. The molecular formula is C15H26N4O. The van der Waals surface area contributed by atoms with Crippen molar-refractivity contribution in [2.45, 2.75) is 52.5 Å². The molecule has 0 spiro atoms. The highest BCUT2D eigenvalue weighted by atomic mass is 16.2. The van der Waals surface area contributed by atoms with Gasteiger partial charge in [0.15, 0.2) is 0 Å². The molecule has 2 unspecified atom stereocenters. The number of hydrogen-bond donors (Lipinski definition) is 2. The van der Waals surface area contributed by atoms with E-state index in [4.69, 9.17) is 5.73 Å². The highest BCUT2D eigenvalue weighted by Crippen LogP contribution is 2.30. The second-order valence-corrected chi connectivity index (χ2v) is 6.24. The lowest BCUT2D eigenvalue weighted by Crippen LogP contribution is -2.44. The Kier molecular flexibility index (Phi) is 4.35. The first-order chi connectivity index (χ1) is 9.41. The molecule has 112 valence electrons. The molecule has 1 aromatic rings. The highest BCUT2D eigenvalue weighted by molar-refractivity contribution is 5.98. The first-order valence-corrected chi connectivity index (χ1v) is 7.51. The van der Waals surface area contributed by atoms with Crippen LogP contribution in [0.3, 0.4) is 0 Å². The summed E-state index contributed by atoms with van der Waals surface area (Å²) in [4.78, 5) is 12.5. The third-order valence-corrected chi connectivity index (χ3v) is 4.48. The Morgan fingerprint density at radius 2 is 2.05 bits per heavy atom. The van der Waals surface area contributed by atoms with Gasteiger partial charge in [0.25, 0.3) is 5.91 Å². The van der Waals surface area contributed by atoms with E-state index < -0.39 is 0 Å². The van der Waals surface area contributed by atoms with Crippen LogP contribution in [-0.4, -0.2) is 21.7 Å². The summed E-state index contributed by atoms with van der Waals surface area (Å²) in [6, 6.07) is 0.255. The van der Waals surface area contributed by atoms with E-state index in [0.717, 1.165) is 6.42 Å². The summed E-state index contributed by atoms with van der Waals surface area (Å²) in [6.45, 7) is 6.29. The zero-order valence-electron chi connectivity index (χ0n) is 12.9. The average molecular weight is 278 g/mol. The number of rotatable bonds is 3. The number of nitrogens with two attached hydrogens (primary N) is 1. The van der Waals surface area contributed by atoms with E-state index in [-0.39, 0.29) is 11.9 Å². The number of carbonyl (C=O) groups is 1. The Balaban J connectivity index is 2.14. The maximum absolute atomic E-state index is 12.5. The summed E-state index contributed by atoms with van der Waals surface area (Å²) in [5.41, 5.74) is 7.64. The van der Waals surface area contributed by atoms with Crippen LogP contribution in [0.1, 0.15) is 55.7 Å². The van der Waals surface area contributed by atoms with Gasteiger partial charge in [-0.3, -0.25) is 9.48 Å². The topological polar surface area (TPSA) is 72.9 Å². The Morgan fingerprint density at radius 3 is 2.60 bits per heavy atom. The lowest BCUT2D eigenvalue weighted by Gasteiger charge is -2.34. The van der Waals surface area contributed by atoms with Crippen LogP contribution >= 0.6 is 0 Å². The van der Waals surface area contributed by atoms with E-state index in [9.17, 15) is 4.79 Å². The largest absolute Gasteiger partial charge is 0.395 e. The molecule has 1 amide bonds. The molecule has 1 aromatic heterocycles. The number of aromatic nitrogens is 2. The quantitative estimate of drug-likeness (QED) is 0.890. The van der Waals surface area contributed by atoms with Gasteiger partial charge in [0, 0.05) is 13.1 Å². The van der Waals surface area contributed by atoms with Crippen molar-refractivity contribution >= 4 is 11.6 Å². The minimum absolute atomic E-state index is 0.0943. The van der Waals surface area contributed by atoms with Gasteiger partial charge in [0.05, 0.1) is 11.4 Å². The number of nitrogens with one attached hydrogen (secondary N) is 1. The number of anilines is 1. The van der Waals surface area contributed by atoms with Crippen molar-refractivity contribution in [3.8, 4) is 0 Å². The van der Waals surface area contributed by atoms with E-state index in [2.05, 4.69) is 24.3 Å². The van der Waals surface area contributed by atoms with Crippen LogP contribution in [0.2, 0.25) is 0 Å². The van der Waals surface area contributed by atoms with Crippen molar-refractivity contribution in [1.82, 2.24) is 15.1 Å². The summed E-state index contributed by atoms with van der Waals surface area (Å²) in [7, 11) is 1.76. The standard InChI is InChI=1S/C15H26N4O/c1-9(2)11-7-5-6-8-12(11)17-15(20)14-13(16)10(3)18-19(14)4/h9,11-12H,5-8,16H2,1-4H3,(H,17,20). The van der Waals surface area contributed by atoms with Gasteiger partial charge >= 0.3 is 0 Å². The Morgan fingerprint density at radius 1 is 1.40 bits per heavy atom. The first kappa shape index (κ1) is 14.9. The number of hydrogen-bond acceptors (Lipinski definition) is 3. The number of nitrogens with zero attached hydrogens (tertiary/aromatic N) is 2. The number of nitrogen functional groups attached to an aromatic ring is 1. The molecule has 1 aliphatic rings. The Hall–Kier alpha value is -1.52. The predicted octanol–water partition coefficient (Wildman–Crippen LogP) is 2.26. The van der Waals surface area contributed by atoms with Crippen molar-refractivity contribution in [2.24, 2.45) is 18.9 Å². The van der Waals surface area contributed by atoms with Crippen molar-refractivity contribution in [2.75, 3.05) is 5.73 Å². The van der Waals surface area contributed by atoms with Gasteiger partial charge < -0.3 is 11.1 Å². The van der Waals surface area contributed by atoms with Crippen molar-refractivity contribution < 1.29 is 4.79 Å². The van der Waals surface area contributed by atoms with Crippen LogP contribution < -0.4 is 11.1 Å². The summed E-state index contributed by atoms with van der Waals surface area (Å²) in [6.07, 6.45) is 4.71. The van der Waals surface area contributed by atoms with Crippen LogP contribution in [0.5, 0.6) is 0 Å². The molecule has 0 radical (unpaired) electrons. The third-order valence-electron chi connectivity index (χ3n) is 4.48. The second kappa shape index (κ2) is 5.85. The summed E-state index contributed by atoms with van der Waals surface area (Å²) in [5.74, 6) is 1.05. The number of carbonyl (C=O) groups excluding carboxylic acids is 1. The fourth-order valence-corrected chi connectivity index (χ4v) is 3.32. The average Bonchev–Trinajstić information content (AvgIpc) is 2.63. The van der Waals surface area contributed by atoms with Crippen molar-refractivity contribution in [3.05, 3.63) is 11.4 Å². The molecule has 1 aliphatic carbocycles. The number of amides is 1. The molecule has 5 nitrogen and oxygen atoms in total. The van der Waals surface area contributed by atoms with Gasteiger partial charge in [-0.05, 0) is 31.6 Å². The third kappa shape index (κ3) is 2.81. The van der Waals surface area contributed by atoms with Crippen LogP contribution in [0, 0.1) is 18.8 Å². The molecule has 0 aromatic carbocycles. The molecule has 20 heavy (non-hydrogen) atoms. The zero-order chi connectivity index (χ0) is 14.9. The minimum Gasteiger partial charge on any atom is -0.395 e. The molecular weight excluding hydrogens is 252 g/mol. The maximum atomic E-state index is 12.5. The van der Waals surface area contributed by atoms with Gasteiger partial charge in [0.2, 0.25) is 0 Å². The van der Waals surface area contributed by atoms with Crippen LogP contribution in [-0.2, 0) is 7.05 Å². The van der Waals surface area contributed by atoms with Crippen LogP contribution in [0.4, 0.5) is 5.69 Å². The SMILES string of the molecule is Cc1nn(C)c(C(=O)NC2CCCCC2C(C)C)c1N. The molecule has 0 saturated heterocycles. The Bertz CT molecular complexity index is 492. The van der Waals surface area contributed by atoms with E-state index in [1.54, 1.807) is 11.7 Å². The molecule has 1 fully saturated rings. The number of aryl methyl sites for hydroxylation is 2. The lowest BCUT2D eigenvalue weighted by atomic mass is 9.78.